The first-order chi connectivity index (χ1) is 13.6. The third kappa shape index (κ3) is 2.86. The smallest absolute Gasteiger partial charge is 0.265 e. The van der Waals surface area contributed by atoms with E-state index in [1.807, 2.05) is 42.7 Å². The second-order valence-corrected chi connectivity index (χ2v) is 7.17. The van der Waals surface area contributed by atoms with Gasteiger partial charge in [0.2, 0.25) is 0 Å². The summed E-state index contributed by atoms with van der Waals surface area (Å²) in [4.78, 5) is 27.9. The number of para-hydroxylation sites is 2. The van der Waals surface area contributed by atoms with E-state index >= 15 is 0 Å². The Morgan fingerprint density at radius 3 is 2.50 bits per heavy atom. The lowest BCUT2D eigenvalue weighted by Gasteiger charge is -2.16. The first kappa shape index (κ1) is 18.6. The van der Waals surface area contributed by atoms with Crippen molar-refractivity contribution in [3.63, 3.8) is 0 Å². The van der Waals surface area contributed by atoms with Gasteiger partial charge in [0.05, 0.1) is 11.0 Å². The van der Waals surface area contributed by atoms with Gasteiger partial charge in [-0.05, 0) is 38.8 Å². The van der Waals surface area contributed by atoms with Crippen LogP contribution in [0.3, 0.4) is 0 Å². The number of rotatable bonds is 6. The number of methoxy groups -OCH3 is 1. The second-order valence-electron chi connectivity index (χ2n) is 7.17. The maximum absolute atomic E-state index is 13.5. The van der Waals surface area contributed by atoms with Gasteiger partial charge in [0, 0.05) is 26.3 Å². The zero-order valence-electron chi connectivity index (χ0n) is 16.8. The average molecular weight is 379 g/mol. The summed E-state index contributed by atoms with van der Waals surface area (Å²) in [5, 5.41) is 0.552. The van der Waals surface area contributed by atoms with E-state index < -0.39 is 0 Å². The molecule has 0 amide bonds. The Bertz CT molecular complexity index is 1220. The normalized spacial score (nSPS) is 13.0. The van der Waals surface area contributed by atoms with Gasteiger partial charge in [0.25, 0.3) is 5.56 Å². The molecule has 7 heteroatoms. The van der Waals surface area contributed by atoms with Gasteiger partial charge in [-0.1, -0.05) is 19.1 Å². The summed E-state index contributed by atoms with van der Waals surface area (Å²) in [7, 11) is 1.69. The summed E-state index contributed by atoms with van der Waals surface area (Å²) in [6.45, 7) is 7.30. The molecular weight excluding hydrogens is 354 g/mol. The third-order valence-corrected chi connectivity index (χ3v) is 5.33. The standard InChI is InChI=1S/C21H25N5O2/c1-5-13(2)26-14(3)22-19-17(21(26)27)18-20(25(19)11-8-12-28-4)24-16-10-7-6-9-15(16)23-18/h6-7,9-10,13H,5,8,11-12H2,1-4H3/t13-/m0/s1. The minimum absolute atomic E-state index is 0.0445. The van der Waals surface area contributed by atoms with Crippen molar-refractivity contribution in [2.24, 2.45) is 0 Å². The molecule has 0 radical (unpaired) electrons. The van der Waals surface area contributed by atoms with Crippen molar-refractivity contribution in [1.29, 1.82) is 0 Å². The van der Waals surface area contributed by atoms with Crippen molar-refractivity contribution in [3.05, 3.63) is 40.4 Å². The van der Waals surface area contributed by atoms with E-state index in [0.717, 1.165) is 23.9 Å². The number of ether oxygens (including phenoxy) is 1. The van der Waals surface area contributed by atoms with Crippen molar-refractivity contribution >= 4 is 33.2 Å². The molecule has 0 saturated heterocycles. The molecule has 0 aliphatic heterocycles. The third-order valence-electron chi connectivity index (χ3n) is 5.33. The van der Waals surface area contributed by atoms with Crippen molar-refractivity contribution in [1.82, 2.24) is 24.1 Å². The largest absolute Gasteiger partial charge is 0.385 e. The molecule has 0 aliphatic rings. The highest BCUT2D eigenvalue weighted by Gasteiger charge is 2.22. The molecule has 0 bridgehead atoms. The van der Waals surface area contributed by atoms with Crippen molar-refractivity contribution < 1.29 is 4.74 Å². The Morgan fingerprint density at radius 2 is 1.82 bits per heavy atom. The van der Waals surface area contributed by atoms with E-state index in [1.165, 1.54) is 0 Å². The fraction of sp³-hybridized carbons (Fsp3) is 0.429. The zero-order valence-corrected chi connectivity index (χ0v) is 16.8. The molecule has 3 heterocycles. The minimum Gasteiger partial charge on any atom is -0.385 e. The van der Waals surface area contributed by atoms with Gasteiger partial charge in [0.1, 0.15) is 16.7 Å². The first-order valence-corrected chi connectivity index (χ1v) is 9.73. The van der Waals surface area contributed by atoms with E-state index in [1.54, 1.807) is 11.7 Å². The molecule has 146 valence electrons. The summed E-state index contributed by atoms with van der Waals surface area (Å²) in [5.74, 6) is 0.715. The fourth-order valence-corrected chi connectivity index (χ4v) is 3.76. The monoisotopic (exact) mass is 379 g/mol. The summed E-state index contributed by atoms with van der Waals surface area (Å²) in [5.41, 5.74) is 3.53. The first-order valence-electron chi connectivity index (χ1n) is 9.73. The van der Waals surface area contributed by atoms with Crippen LogP contribution in [0.4, 0.5) is 0 Å². The van der Waals surface area contributed by atoms with Crippen molar-refractivity contribution in [2.45, 2.75) is 46.2 Å². The van der Waals surface area contributed by atoms with Gasteiger partial charge < -0.3 is 9.30 Å². The van der Waals surface area contributed by atoms with Gasteiger partial charge in [-0.3, -0.25) is 9.36 Å². The molecule has 4 rings (SSSR count). The van der Waals surface area contributed by atoms with Gasteiger partial charge in [0.15, 0.2) is 11.3 Å². The van der Waals surface area contributed by atoms with E-state index in [4.69, 9.17) is 19.7 Å². The molecule has 1 atom stereocenters. The lowest BCUT2D eigenvalue weighted by atomic mass is 10.2. The predicted molar refractivity (Wildman–Crippen MR) is 111 cm³/mol. The number of hydrogen-bond donors (Lipinski definition) is 0. The molecule has 0 spiro atoms. The molecule has 0 unspecified atom stereocenters. The number of fused-ring (bicyclic) bond motifs is 4. The Morgan fingerprint density at radius 1 is 1.11 bits per heavy atom. The van der Waals surface area contributed by atoms with Gasteiger partial charge >= 0.3 is 0 Å². The molecular formula is C21H25N5O2. The summed E-state index contributed by atoms with van der Waals surface area (Å²) >= 11 is 0. The molecule has 0 fully saturated rings. The fourth-order valence-electron chi connectivity index (χ4n) is 3.76. The molecule has 0 N–H and O–H groups in total. The summed E-state index contributed by atoms with van der Waals surface area (Å²) in [6, 6.07) is 7.81. The van der Waals surface area contributed by atoms with Crippen LogP contribution >= 0.6 is 0 Å². The lowest BCUT2D eigenvalue weighted by molar-refractivity contribution is 0.191. The number of aryl methyl sites for hydroxylation is 2. The van der Waals surface area contributed by atoms with Crippen LogP contribution < -0.4 is 5.56 Å². The molecule has 0 aliphatic carbocycles. The van der Waals surface area contributed by atoms with Crippen LogP contribution in [-0.2, 0) is 11.3 Å². The number of hydrogen-bond acceptors (Lipinski definition) is 5. The SMILES string of the molecule is CC[C@H](C)n1c(C)nc2c(c1=O)c1nc3ccccc3nc1n2CCCOC. The molecule has 3 aromatic heterocycles. The van der Waals surface area contributed by atoms with Gasteiger partial charge in [-0.2, -0.15) is 0 Å². The van der Waals surface area contributed by atoms with Crippen LogP contribution in [0.2, 0.25) is 0 Å². The van der Waals surface area contributed by atoms with E-state index in [9.17, 15) is 4.79 Å². The molecule has 0 saturated carbocycles. The maximum atomic E-state index is 13.5. The number of nitrogens with zero attached hydrogens (tertiary/aromatic N) is 5. The minimum atomic E-state index is -0.0445. The van der Waals surface area contributed by atoms with E-state index in [0.29, 0.717) is 41.2 Å². The quantitative estimate of drug-likeness (QED) is 0.479. The van der Waals surface area contributed by atoms with Crippen LogP contribution in [0.15, 0.2) is 29.1 Å². The lowest BCUT2D eigenvalue weighted by Crippen LogP contribution is -2.26. The van der Waals surface area contributed by atoms with Crippen LogP contribution in [0.1, 0.15) is 38.6 Å². The van der Waals surface area contributed by atoms with Crippen LogP contribution in [0.25, 0.3) is 33.2 Å². The topological polar surface area (TPSA) is 74.8 Å². The predicted octanol–water partition coefficient (Wildman–Crippen LogP) is 3.61. The maximum Gasteiger partial charge on any atom is 0.265 e. The van der Waals surface area contributed by atoms with Crippen molar-refractivity contribution in [2.75, 3.05) is 13.7 Å². The van der Waals surface area contributed by atoms with Gasteiger partial charge in [-0.15, -0.1) is 0 Å². The summed E-state index contributed by atoms with van der Waals surface area (Å²) < 4.78 is 9.00. The number of aromatic nitrogens is 5. The van der Waals surface area contributed by atoms with Crippen LogP contribution in [-0.4, -0.2) is 37.8 Å². The molecule has 1 aromatic carbocycles. The molecule has 4 aromatic rings. The Hall–Kier alpha value is -2.80. The zero-order chi connectivity index (χ0) is 19.8. The highest BCUT2D eigenvalue weighted by molar-refractivity contribution is 6.04. The van der Waals surface area contributed by atoms with Crippen molar-refractivity contribution in [3.8, 4) is 0 Å². The molecule has 7 nitrogen and oxygen atoms in total. The van der Waals surface area contributed by atoms with E-state index in [-0.39, 0.29) is 11.6 Å². The highest BCUT2D eigenvalue weighted by atomic mass is 16.5. The Balaban J connectivity index is 2.11. The van der Waals surface area contributed by atoms with Crippen LogP contribution in [0.5, 0.6) is 0 Å². The van der Waals surface area contributed by atoms with Crippen LogP contribution in [0, 0.1) is 6.92 Å². The Kier molecular flexibility index (Phi) is 4.85. The number of benzene rings is 1. The average Bonchev–Trinajstić information content (AvgIpc) is 2.99. The Labute approximate surface area is 163 Å². The van der Waals surface area contributed by atoms with Gasteiger partial charge in [-0.25, -0.2) is 15.0 Å². The summed E-state index contributed by atoms with van der Waals surface area (Å²) in [6.07, 6.45) is 1.66. The molecule has 28 heavy (non-hydrogen) atoms. The van der Waals surface area contributed by atoms with E-state index in [2.05, 4.69) is 6.92 Å². The second kappa shape index (κ2) is 7.31. The highest BCUT2D eigenvalue weighted by Crippen LogP contribution is 2.26.